The van der Waals surface area contributed by atoms with Crippen molar-refractivity contribution < 1.29 is 13.9 Å². The molecule has 128 valence electrons. The number of methoxy groups -OCH3 is 1. The molecule has 0 spiro atoms. The summed E-state index contributed by atoms with van der Waals surface area (Å²) >= 11 is 6.15. The SMILES string of the molecule is COC(=O)c1ccc(-c2cnc(Nc3cc(C)cc(C)c3)o2)cc1Cl. The molecule has 2 aromatic carbocycles. The molecule has 0 unspecified atom stereocenters. The van der Waals surface area contributed by atoms with E-state index in [1.54, 1.807) is 24.4 Å². The molecule has 0 bridgehead atoms. The number of hydrogen-bond donors (Lipinski definition) is 1. The second-order valence-electron chi connectivity index (χ2n) is 5.72. The van der Waals surface area contributed by atoms with Crippen LogP contribution in [0.2, 0.25) is 5.02 Å². The van der Waals surface area contributed by atoms with Crippen molar-refractivity contribution in [2.24, 2.45) is 0 Å². The highest BCUT2D eigenvalue weighted by Crippen LogP contribution is 2.29. The van der Waals surface area contributed by atoms with E-state index in [-0.39, 0.29) is 0 Å². The zero-order chi connectivity index (χ0) is 18.0. The number of benzene rings is 2. The first-order chi connectivity index (χ1) is 12.0. The van der Waals surface area contributed by atoms with Crippen molar-refractivity contribution in [3.63, 3.8) is 0 Å². The molecule has 25 heavy (non-hydrogen) atoms. The molecule has 0 aliphatic carbocycles. The number of aryl methyl sites for hydroxylation is 2. The van der Waals surface area contributed by atoms with Crippen LogP contribution < -0.4 is 5.32 Å². The first-order valence-corrected chi connectivity index (χ1v) is 8.03. The van der Waals surface area contributed by atoms with Gasteiger partial charge in [-0.15, -0.1) is 0 Å². The summed E-state index contributed by atoms with van der Waals surface area (Å²) in [5.74, 6) is 0.0662. The van der Waals surface area contributed by atoms with E-state index in [1.165, 1.54) is 7.11 Å². The summed E-state index contributed by atoms with van der Waals surface area (Å²) in [6.45, 7) is 4.06. The molecular formula is C19H17ClN2O3. The van der Waals surface area contributed by atoms with Gasteiger partial charge in [-0.05, 0) is 49.2 Å². The molecule has 0 saturated carbocycles. The number of aromatic nitrogens is 1. The van der Waals surface area contributed by atoms with Gasteiger partial charge < -0.3 is 14.5 Å². The van der Waals surface area contributed by atoms with Crippen LogP contribution in [0.3, 0.4) is 0 Å². The highest BCUT2D eigenvalue weighted by molar-refractivity contribution is 6.33. The number of halogens is 1. The van der Waals surface area contributed by atoms with Crippen LogP contribution in [0.5, 0.6) is 0 Å². The van der Waals surface area contributed by atoms with Crippen molar-refractivity contribution in [2.45, 2.75) is 13.8 Å². The number of carbonyl (C=O) groups excluding carboxylic acids is 1. The molecule has 0 saturated heterocycles. The second kappa shape index (κ2) is 6.99. The maximum atomic E-state index is 11.6. The normalized spacial score (nSPS) is 10.6. The van der Waals surface area contributed by atoms with Crippen LogP contribution in [0.25, 0.3) is 11.3 Å². The summed E-state index contributed by atoms with van der Waals surface area (Å²) in [5.41, 5.74) is 4.24. The van der Waals surface area contributed by atoms with Crippen LogP contribution in [0.4, 0.5) is 11.7 Å². The average Bonchev–Trinajstić information content (AvgIpc) is 3.01. The van der Waals surface area contributed by atoms with E-state index in [1.807, 2.05) is 26.0 Å². The molecule has 0 fully saturated rings. The van der Waals surface area contributed by atoms with E-state index in [2.05, 4.69) is 21.1 Å². The van der Waals surface area contributed by atoms with E-state index < -0.39 is 5.97 Å². The summed E-state index contributed by atoms with van der Waals surface area (Å²) in [5, 5.41) is 3.44. The first-order valence-electron chi connectivity index (χ1n) is 7.65. The molecular weight excluding hydrogens is 340 g/mol. The number of hydrogen-bond acceptors (Lipinski definition) is 5. The fourth-order valence-electron chi connectivity index (χ4n) is 2.58. The molecule has 0 aliphatic rings. The minimum absolute atomic E-state index is 0.296. The van der Waals surface area contributed by atoms with Crippen LogP contribution in [-0.2, 0) is 4.74 Å². The Morgan fingerprint density at radius 1 is 1.16 bits per heavy atom. The Bertz CT molecular complexity index is 914. The number of nitrogens with one attached hydrogen (secondary N) is 1. The van der Waals surface area contributed by atoms with E-state index in [9.17, 15) is 4.79 Å². The highest BCUT2D eigenvalue weighted by Gasteiger charge is 2.14. The Morgan fingerprint density at radius 3 is 2.52 bits per heavy atom. The lowest BCUT2D eigenvalue weighted by Crippen LogP contribution is -2.01. The Morgan fingerprint density at radius 2 is 1.88 bits per heavy atom. The minimum atomic E-state index is -0.480. The van der Waals surface area contributed by atoms with E-state index in [0.29, 0.717) is 22.4 Å². The van der Waals surface area contributed by atoms with Crippen LogP contribution in [-0.4, -0.2) is 18.1 Å². The maximum Gasteiger partial charge on any atom is 0.339 e. The van der Waals surface area contributed by atoms with Gasteiger partial charge in [-0.1, -0.05) is 23.7 Å². The molecule has 5 nitrogen and oxygen atoms in total. The Balaban J connectivity index is 1.84. The van der Waals surface area contributed by atoms with Crippen molar-refractivity contribution in [3.05, 3.63) is 64.3 Å². The predicted molar refractivity (Wildman–Crippen MR) is 97.5 cm³/mol. The molecule has 0 atom stereocenters. The van der Waals surface area contributed by atoms with Crippen molar-refractivity contribution in [1.29, 1.82) is 0 Å². The Labute approximate surface area is 150 Å². The molecule has 0 amide bonds. The number of carbonyl (C=O) groups is 1. The molecule has 0 aliphatic heterocycles. The number of oxazole rings is 1. The monoisotopic (exact) mass is 356 g/mol. The number of esters is 1. The molecule has 1 heterocycles. The van der Waals surface area contributed by atoms with E-state index in [4.69, 9.17) is 16.0 Å². The van der Waals surface area contributed by atoms with Gasteiger partial charge in [-0.2, -0.15) is 0 Å². The van der Waals surface area contributed by atoms with Gasteiger partial charge >= 0.3 is 5.97 Å². The van der Waals surface area contributed by atoms with Gasteiger partial charge in [0.1, 0.15) is 0 Å². The molecule has 0 radical (unpaired) electrons. The first kappa shape index (κ1) is 17.0. The third-order valence-corrected chi connectivity index (χ3v) is 3.95. The summed E-state index contributed by atoms with van der Waals surface area (Å²) in [7, 11) is 1.31. The van der Waals surface area contributed by atoms with Crippen LogP contribution in [0.1, 0.15) is 21.5 Å². The molecule has 3 rings (SSSR count). The second-order valence-corrected chi connectivity index (χ2v) is 6.12. The number of rotatable bonds is 4. The van der Waals surface area contributed by atoms with Gasteiger partial charge in [-0.25, -0.2) is 9.78 Å². The van der Waals surface area contributed by atoms with E-state index in [0.717, 1.165) is 22.4 Å². The fraction of sp³-hybridized carbons (Fsp3) is 0.158. The van der Waals surface area contributed by atoms with Gasteiger partial charge in [0.05, 0.1) is 23.9 Å². The van der Waals surface area contributed by atoms with Crippen molar-refractivity contribution in [2.75, 3.05) is 12.4 Å². The predicted octanol–water partition coefficient (Wildman–Crippen LogP) is 5.14. The topological polar surface area (TPSA) is 64.4 Å². The Kier molecular flexibility index (Phi) is 4.76. The summed E-state index contributed by atoms with van der Waals surface area (Å²) < 4.78 is 10.4. The van der Waals surface area contributed by atoms with Crippen molar-refractivity contribution in [3.8, 4) is 11.3 Å². The third-order valence-electron chi connectivity index (χ3n) is 3.64. The van der Waals surface area contributed by atoms with Gasteiger partial charge in [0.15, 0.2) is 5.76 Å². The van der Waals surface area contributed by atoms with E-state index >= 15 is 0 Å². The third kappa shape index (κ3) is 3.83. The zero-order valence-electron chi connectivity index (χ0n) is 14.1. The lowest BCUT2D eigenvalue weighted by Gasteiger charge is -2.05. The summed E-state index contributed by atoms with van der Waals surface area (Å²) in [6.07, 6.45) is 1.61. The van der Waals surface area contributed by atoms with Crippen LogP contribution in [0.15, 0.2) is 47.0 Å². The molecule has 1 aromatic heterocycles. The molecule has 1 N–H and O–H groups in total. The van der Waals surface area contributed by atoms with Gasteiger partial charge in [0.25, 0.3) is 6.01 Å². The largest absolute Gasteiger partial charge is 0.465 e. The zero-order valence-corrected chi connectivity index (χ0v) is 14.8. The molecule has 3 aromatic rings. The lowest BCUT2D eigenvalue weighted by molar-refractivity contribution is 0.0601. The highest BCUT2D eigenvalue weighted by atomic mass is 35.5. The van der Waals surface area contributed by atoms with Crippen molar-refractivity contribution >= 4 is 29.3 Å². The lowest BCUT2D eigenvalue weighted by atomic mass is 10.1. The number of ether oxygens (including phenoxy) is 1. The summed E-state index contributed by atoms with van der Waals surface area (Å²) in [6, 6.07) is 11.5. The quantitative estimate of drug-likeness (QED) is 0.655. The van der Waals surface area contributed by atoms with Crippen LogP contribution in [0, 0.1) is 13.8 Å². The number of anilines is 2. The van der Waals surface area contributed by atoms with Crippen molar-refractivity contribution in [1.82, 2.24) is 4.98 Å². The summed E-state index contributed by atoms with van der Waals surface area (Å²) in [4.78, 5) is 15.8. The smallest absolute Gasteiger partial charge is 0.339 e. The molecule has 6 heteroatoms. The number of nitrogens with zero attached hydrogens (tertiary/aromatic N) is 1. The van der Waals surface area contributed by atoms with Gasteiger partial charge in [-0.3, -0.25) is 0 Å². The maximum absolute atomic E-state index is 11.6. The van der Waals surface area contributed by atoms with Crippen LogP contribution >= 0.6 is 11.6 Å². The minimum Gasteiger partial charge on any atom is -0.465 e. The van der Waals surface area contributed by atoms with Gasteiger partial charge in [0, 0.05) is 11.3 Å². The Hall–Kier alpha value is -2.79. The van der Waals surface area contributed by atoms with Gasteiger partial charge in [0.2, 0.25) is 0 Å². The fourth-order valence-corrected chi connectivity index (χ4v) is 2.84. The average molecular weight is 357 g/mol. The standard InChI is InChI=1S/C19H17ClN2O3/c1-11-6-12(2)8-14(7-11)22-19-21-10-17(25-19)13-4-5-15(16(20)9-13)18(23)24-3/h4-10H,1-3H3,(H,21,22).